The number of halogens is 1. The van der Waals surface area contributed by atoms with Gasteiger partial charge in [-0.3, -0.25) is 0 Å². The third kappa shape index (κ3) is 3.84. The van der Waals surface area contributed by atoms with E-state index in [2.05, 4.69) is 106 Å². The Hall–Kier alpha value is -2.52. The number of rotatable bonds is 2. The van der Waals surface area contributed by atoms with Crippen molar-refractivity contribution in [3.63, 3.8) is 0 Å². The second-order valence-corrected chi connectivity index (χ2v) is 7.84. The lowest BCUT2D eigenvalue weighted by molar-refractivity contribution is -0.568. The van der Waals surface area contributed by atoms with Gasteiger partial charge in [0.25, 0.3) is 6.33 Å². The van der Waals surface area contributed by atoms with Gasteiger partial charge in [0.2, 0.25) is 0 Å². The third-order valence-corrected chi connectivity index (χ3v) is 5.38. The number of hydrogen-bond acceptors (Lipinski definition) is 0. The first kappa shape index (κ1) is 22.8. The van der Waals surface area contributed by atoms with Gasteiger partial charge in [-0.25, -0.2) is 0 Å². The molecule has 0 unspecified atom stereocenters. The number of fused-ring (bicyclic) bond motifs is 1. The van der Waals surface area contributed by atoms with E-state index >= 15 is 0 Å². The first-order chi connectivity index (χ1) is 12.9. The van der Waals surface area contributed by atoms with E-state index in [-0.39, 0.29) is 20.8 Å². The molecule has 0 saturated heterocycles. The Kier molecular flexibility index (Phi) is 6.65. The van der Waals surface area contributed by atoms with E-state index in [1.54, 1.807) is 0 Å². The van der Waals surface area contributed by atoms with Gasteiger partial charge < -0.3 is 12.4 Å². The molecule has 1 heterocycles. The molecular formula is C25H27BClN2. The van der Waals surface area contributed by atoms with Crippen molar-refractivity contribution in [2.24, 2.45) is 0 Å². The van der Waals surface area contributed by atoms with Gasteiger partial charge in [0.1, 0.15) is 11.4 Å². The van der Waals surface area contributed by atoms with Crippen molar-refractivity contribution < 1.29 is 17.0 Å². The fourth-order valence-corrected chi connectivity index (χ4v) is 4.57. The molecule has 0 bridgehead atoms. The monoisotopic (exact) mass is 401 g/mol. The summed E-state index contributed by atoms with van der Waals surface area (Å²) in [5, 5.41) is 0. The number of benzene rings is 3. The molecule has 29 heavy (non-hydrogen) atoms. The molecule has 147 valence electrons. The van der Waals surface area contributed by atoms with Gasteiger partial charge in [0.05, 0.1) is 0 Å². The van der Waals surface area contributed by atoms with Crippen molar-refractivity contribution in [2.45, 2.75) is 41.5 Å². The zero-order valence-electron chi connectivity index (χ0n) is 18.0. The predicted molar refractivity (Wildman–Crippen MR) is 119 cm³/mol. The van der Waals surface area contributed by atoms with E-state index in [0.29, 0.717) is 0 Å². The normalized spacial score (nSPS) is 10.6. The number of imidazole rings is 1. The average Bonchev–Trinajstić information content (AvgIpc) is 2.93. The molecule has 1 aromatic heterocycles. The molecule has 0 fully saturated rings. The second kappa shape index (κ2) is 8.46. The summed E-state index contributed by atoms with van der Waals surface area (Å²) in [5.74, 6) is 0. The summed E-state index contributed by atoms with van der Waals surface area (Å²) >= 11 is 0. The van der Waals surface area contributed by atoms with E-state index < -0.39 is 0 Å². The summed E-state index contributed by atoms with van der Waals surface area (Å²) in [6.07, 6.45) is 2.25. The van der Waals surface area contributed by atoms with Crippen LogP contribution in [0.4, 0.5) is 0 Å². The summed E-state index contributed by atoms with van der Waals surface area (Å²) < 4.78 is 4.69. The van der Waals surface area contributed by atoms with Crippen LogP contribution in [0.3, 0.4) is 0 Å². The molecule has 4 heteroatoms. The fourth-order valence-electron chi connectivity index (χ4n) is 4.57. The minimum absolute atomic E-state index is 0. The molecule has 0 aliphatic carbocycles. The van der Waals surface area contributed by atoms with Gasteiger partial charge in [-0.05, 0) is 75.9 Å². The van der Waals surface area contributed by atoms with Gasteiger partial charge >= 0.3 is 0 Å². The summed E-state index contributed by atoms with van der Waals surface area (Å²) in [4.78, 5) is 0. The molecule has 0 spiro atoms. The molecule has 3 radical (unpaired) electrons. The predicted octanol–water partition coefficient (Wildman–Crippen LogP) is 2.38. The van der Waals surface area contributed by atoms with Crippen molar-refractivity contribution in [3.8, 4) is 11.4 Å². The van der Waals surface area contributed by atoms with E-state index in [1.165, 1.54) is 55.8 Å². The van der Waals surface area contributed by atoms with Crippen LogP contribution in [0.2, 0.25) is 0 Å². The molecule has 3 aromatic carbocycles. The highest BCUT2D eigenvalue weighted by atomic mass is 35.5. The highest BCUT2D eigenvalue weighted by molar-refractivity contribution is 5.76. The molecule has 4 aromatic rings. The van der Waals surface area contributed by atoms with Gasteiger partial charge in [-0.15, -0.1) is 0 Å². The van der Waals surface area contributed by atoms with E-state index in [9.17, 15) is 0 Å². The SMILES string of the molecule is Cc1cc(C)c(-n2c[n+](-c3c(C)cc(C)cc3C)c3ccccc32)c(C)c1.[B].[Cl-]. The molecule has 4 rings (SSSR count). The lowest BCUT2D eigenvalue weighted by atomic mass is 10.0. The van der Waals surface area contributed by atoms with Crippen molar-refractivity contribution in [3.05, 3.63) is 88.2 Å². The maximum atomic E-state index is 2.35. The summed E-state index contributed by atoms with van der Waals surface area (Å²) in [6, 6.07) is 17.7. The number of hydrogen-bond donors (Lipinski definition) is 0. The quantitative estimate of drug-likeness (QED) is 0.360. The molecular weight excluding hydrogens is 375 g/mol. The standard InChI is InChI=1S/C25H27N2.B.ClH/c1-16-11-18(3)24(19(4)12-16)26-15-27(23-10-8-7-9-22(23)26)25-20(5)13-17(2)14-21(25)6;;/h7-15H,1-6H3;;1H/q+1;;/p-1. The Morgan fingerprint density at radius 2 is 1.17 bits per heavy atom. The molecule has 0 N–H and O–H groups in total. The van der Waals surface area contributed by atoms with Crippen LogP contribution in [0.15, 0.2) is 54.9 Å². The minimum Gasteiger partial charge on any atom is -1.00 e. The van der Waals surface area contributed by atoms with Gasteiger partial charge in [-0.1, -0.05) is 47.5 Å². The topological polar surface area (TPSA) is 8.81 Å². The Morgan fingerprint density at radius 3 is 1.72 bits per heavy atom. The molecule has 0 atom stereocenters. The van der Waals surface area contributed by atoms with Crippen LogP contribution in [-0.4, -0.2) is 13.0 Å². The third-order valence-electron chi connectivity index (χ3n) is 5.38. The van der Waals surface area contributed by atoms with Crippen LogP contribution in [0, 0.1) is 41.5 Å². The van der Waals surface area contributed by atoms with Crippen LogP contribution >= 0.6 is 0 Å². The number of nitrogens with zero attached hydrogens (tertiary/aromatic N) is 2. The van der Waals surface area contributed by atoms with Gasteiger partial charge in [0, 0.05) is 8.41 Å². The fraction of sp³-hybridized carbons (Fsp3) is 0.240. The zero-order chi connectivity index (χ0) is 19.3. The Morgan fingerprint density at radius 1 is 0.690 bits per heavy atom. The molecule has 0 amide bonds. The summed E-state index contributed by atoms with van der Waals surface area (Å²) in [6.45, 7) is 13.1. The van der Waals surface area contributed by atoms with Crippen molar-refractivity contribution in [1.29, 1.82) is 0 Å². The number of aryl methyl sites for hydroxylation is 6. The van der Waals surface area contributed by atoms with Crippen LogP contribution in [0.25, 0.3) is 22.4 Å². The maximum Gasteiger partial charge on any atom is 0.255 e. The first-order valence-corrected chi connectivity index (χ1v) is 9.55. The maximum absolute atomic E-state index is 2.35. The highest BCUT2D eigenvalue weighted by Gasteiger charge is 2.23. The van der Waals surface area contributed by atoms with Crippen LogP contribution in [0.1, 0.15) is 33.4 Å². The van der Waals surface area contributed by atoms with E-state index in [4.69, 9.17) is 0 Å². The number of para-hydroxylation sites is 2. The van der Waals surface area contributed by atoms with E-state index in [1.807, 2.05) is 0 Å². The second-order valence-electron chi connectivity index (χ2n) is 7.84. The molecule has 0 aliphatic heterocycles. The van der Waals surface area contributed by atoms with Gasteiger partial charge in [-0.2, -0.15) is 9.13 Å². The molecule has 2 nitrogen and oxygen atoms in total. The average molecular weight is 402 g/mol. The Labute approximate surface area is 182 Å². The van der Waals surface area contributed by atoms with Crippen LogP contribution in [0.5, 0.6) is 0 Å². The minimum atomic E-state index is 0. The smallest absolute Gasteiger partial charge is 0.255 e. The van der Waals surface area contributed by atoms with Crippen molar-refractivity contribution in [1.82, 2.24) is 4.57 Å². The molecule has 0 saturated carbocycles. The summed E-state index contributed by atoms with van der Waals surface area (Å²) in [5.41, 5.74) is 12.8. The molecule has 0 aliphatic rings. The van der Waals surface area contributed by atoms with Crippen LogP contribution in [-0.2, 0) is 0 Å². The summed E-state index contributed by atoms with van der Waals surface area (Å²) in [7, 11) is 0. The largest absolute Gasteiger partial charge is 1.00 e. The van der Waals surface area contributed by atoms with Crippen LogP contribution < -0.4 is 17.0 Å². The Balaban J connectivity index is 0.00000150. The van der Waals surface area contributed by atoms with E-state index in [0.717, 1.165) is 0 Å². The van der Waals surface area contributed by atoms with Gasteiger partial charge in [0.15, 0.2) is 11.0 Å². The number of aromatic nitrogens is 2. The zero-order valence-corrected chi connectivity index (χ0v) is 18.8. The lowest BCUT2D eigenvalue weighted by Crippen LogP contribution is -3.00. The highest BCUT2D eigenvalue weighted by Crippen LogP contribution is 2.26. The Bertz CT molecular complexity index is 1050. The first-order valence-electron chi connectivity index (χ1n) is 9.55. The van der Waals surface area contributed by atoms with Crippen molar-refractivity contribution >= 4 is 19.4 Å². The lowest BCUT2D eigenvalue weighted by Gasteiger charge is -2.09. The van der Waals surface area contributed by atoms with Crippen molar-refractivity contribution in [2.75, 3.05) is 0 Å².